The Hall–Kier alpha value is -1.06. The Bertz CT molecular complexity index is 350. The third kappa shape index (κ3) is 3.72. The average Bonchev–Trinajstić information content (AvgIpc) is 2.40. The lowest BCUT2D eigenvalue weighted by molar-refractivity contribution is 0.181. The van der Waals surface area contributed by atoms with E-state index in [9.17, 15) is 0 Å². The minimum atomic E-state index is 0.453. The summed E-state index contributed by atoms with van der Waals surface area (Å²) >= 11 is 0. The smallest absolute Gasteiger partial charge is 0.122 e. The monoisotopic (exact) mass is 250 g/mol. The third-order valence-corrected chi connectivity index (χ3v) is 3.72. The molecule has 0 heterocycles. The van der Waals surface area contributed by atoms with Crippen molar-refractivity contribution in [2.45, 2.75) is 38.8 Å². The van der Waals surface area contributed by atoms with E-state index in [1.165, 1.54) is 5.56 Å². The van der Waals surface area contributed by atoms with Gasteiger partial charge in [0.2, 0.25) is 0 Å². The summed E-state index contributed by atoms with van der Waals surface area (Å²) in [5.74, 6) is 0.971. The van der Waals surface area contributed by atoms with Gasteiger partial charge in [0.05, 0.1) is 7.11 Å². The van der Waals surface area contributed by atoms with Crippen LogP contribution >= 0.6 is 0 Å². The molecule has 0 aliphatic rings. The Balaban J connectivity index is 2.71. The van der Waals surface area contributed by atoms with Crippen molar-refractivity contribution in [1.29, 1.82) is 0 Å². The van der Waals surface area contributed by atoms with E-state index in [1.807, 2.05) is 12.1 Å². The fourth-order valence-electron chi connectivity index (χ4n) is 2.31. The van der Waals surface area contributed by atoms with Crippen LogP contribution in [-0.2, 0) is 6.42 Å². The first-order chi connectivity index (χ1) is 8.63. The van der Waals surface area contributed by atoms with Crippen LogP contribution in [0.2, 0.25) is 0 Å². The minimum absolute atomic E-state index is 0.453. The summed E-state index contributed by atoms with van der Waals surface area (Å²) in [4.78, 5) is 2.37. The predicted octanol–water partition coefficient (Wildman–Crippen LogP) is 2.30. The summed E-state index contributed by atoms with van der Waals surface area (Å²) in [6.07, 6.45) is 2.07. The molecule has 0 bridgehead atoms. The van der Waals surface area contributed by atoms with E-state index >= 15 is 0 Å². The summed E-state index contributed by atoms with van der Waals surface area (Å²) in [6, 6.07) is 9.12. The molecule has 2 N–H and O–H groups in total. The maximum Gasteiger partial charge on any atom is 0.122 e. The van der Waals surface area contributed by atoms with Crippen LogP contribution in [0.3, 0.4) is 0 Å². The van der Waals surface area contributed by atoms with Gasteiger partial charge in [-0.05, 0) is 38.4 Å². The molecule has 1 aromatic rings. The molecule has 0 aromatic heterocycles. The van der Waals surface area contributed by atoms with Crippen LogP contribution < -0.4 is 10.5 Å². The molecule has 0 amide bonds. The highest BCUT2D eigenvalue weighted by atomic mass is 16.5. The van der Waals surface area contributed by atoms with E-state index < -0.39 is 0 Å². The van der Waals surface area contributed by atoms with Gasteiger partial charge in [-0.3, -0.25) is 4.90 Å². The van der Waals surface area contributed by atoms with Gasteiger partial charge >= 0.3 is 0 Å². The fourth-order valence-corrected chi connectivity index (χ4v) is 2.31. The van der Waals surface area contributed by atoms with E-state index in [2.05, 4.69) is 37.9 Å². The molecule has 0 spiro atoms. The summed E-state index contributed by atoms with van der Waals surface area (Å²) in [6.45, 7) is 5.14. The second-order valence-corrected chi connectivity index (χ2v) is 4.83. The lowest BCUT2D eigenvalue weighted by Gasteiger charge is -2.32. The van der Waals surface area contributed by atoms with Crippen molar-refractivity contribution in [3.63, 3.8) is 0 Å². The number of benzene rings is 1. The molecule has 18 heavy (non-hydrogen) atoms. The van der Waals surface area contributed by atoms with E-state index in [0.717, 1.165) is 18.6 Å². The highest BCUT2D eigenvalue weighted by Crippen LogP contribution is 2.21. The fraction of sp³-hybridized carbons (Fsp3) is 0.600. The molecule has 102 valence electrons. The van der Waals surface area contributed by atoms with Gasteiger partial charge in [0.15, 0.2) is 0 Å². The standard InChI is InChI=1S/C15H26N2O/c1-5-14(11-16)17(3)12(2)10-13-8-6-7-9-15(13)18-4/h6-9,12,14H,5,10-11,16H2,1-4H3. The number of hydrogen-bond acceptors (Lipinski definition) is 3. The van der Waals surface area contributed by atoms with Crippen LogP contribution in [0.5, 0.6) is 5.75 Å². The molecular formula is C15H26N2O. The Labute approximate surface area is 111 Å². The molecule has 2 atom stereocenters. The zero-order valence-corrected chi connectivity index (χ0v) is 12.0. The third-order valence-electron chi connectivity index (χ3n) is 3.72. The SMILES string of the molecule is CCC(CN)N(C)C(C)Cc1ccccc1OC. The molecule has 0 saturated heterocycles. The van der Waals surface area contributed by atoms with Crippen LogP contribution in [0.15, 0.2) is 24.3 Å². The average molecular weight is 250 g/mol. The number of nitrogens with zero attached hydrogens (tertiary/aromatic N) is 1. The first-order valence-electron chi connectivity index (χ1n) is 6.67. The van der Waals surface area contributed by atoms with Crippen molar-refractivity contribution >= 4 is 0 Å². The van der Waals surface area contributed by atoms with E-state index in [-0.39, 0.29) is 0 Å². The van der Waals surface area contributed by atoms with Crippen LogP contribution in [-0.4, -0.2) is 37.7 Å². The van der Waals surface area contributed by atoms with Gasteiger partial charge in [-0.1, -0.05) is 25.1 Å². The Morgan fingerprint density at radius 3 is 2.56 bits per heavy atom. The predicted molar refractivity (Wildman–Crippen MR) is 77.1 cm³/mol. The number of likely N-dealkylation sites (N-methyl/N-ethyl adjacent to an activating group) is 1. The van der Waals surface area contributed by atoms with Gasteiger partial charge in [-0.2, -0.15) is 0 Å². The molecule has 0 saturated carbocycles. The van der Waals surface area contributed by atoms with Crippen molar-refractivity contribution in [2.75, 3.05) is 20.7 Å². The quantitative estimate of drug-likeness (QED) is 0.807. The van der Waals surface area contributed by atoms with Crippen molar-refractivity contribution in [3.8, 4) is 5.75 Å². The Morgan fingerprint density at radius 2 is 2.00 bits per heavy atom. The van der Waals surface area contributed by atoms with Gasteiger partial charge in [0.25, 0.3) is 0 Å². The molecule has 1 aromatic carbocycles. The molecule has 2 unspecified atom stereocenters. The number of hydrogen-bond donors (Lipinski definition) is 1. The molecule has 3 nitrogen and oxygen atoms in total. The van der Waals surface area contributed by atoms with Crippen LogP contribution in [0, 0.1) is 0 Å². The molecule has 3 heteroatoms. The second-order valence-electron chi connectivity index (χ2n) is 4.83. The number of para-hydroxylation sites is 1. The van der Waals surface area contributed by atoms with Gasteiger partial charge in [-0.25, -0.2) is 0 Å². The van der Waals surface area contributed by atoms with Crippen LogP contribution in [0.4, 0.5) is 0 Å². The Kier molecular flexibility index (Phi) is 6.16. The van der Waals surface area contributed by atoms with Crippen molar-refractivity contribution < 1.29 is 4.74 Å². The van der Waals surface area contributed by atoms with E-state index in [1.54, 1.807) is 7.11 Å². The minimum Gasteiger partial charge on any atom is -0.496 e. The lowest BCUT2D eigenvalue weighted by atomic mass is 10.0. The number of methoxy groups -OCH3 is 1. The zero-order chi connectivity index (χ0) is 13.5. The lowest BCUT2D eigenvalue weighted by Crippen LogP contribution is -2.43. The van der Waals surface area contributed by atoms with Crippen LogP contribution in [0.25, 0.3) is 0 Å². The maximum absolute atomic E-state index is 5.81. The second kappa shape index (κ2) is 7.39. The number of ether oxygens (including phenoxy) is 1. The first-order valence-corrected chi connectivity index (χ1v) is 6.67. The van der Waals surface area contributed by atoms with E-state index in [4.69, 9.17) is 10.5 Å². The first kappa shape index (κ1) is 15.0. The molecule has 1 rings (SSSR count). The zero-order valence-electron chi connectivity index (χ0n) is 12.0. The van der Waals surface area contributed by atoms with Gasteiger partial charge < -0.3 is 10.5 Å². The number of rotatable bonds is 7. The topological polar surface area (TPSA) is 38.5 Å². The highest BCUT2D eigenvalue weighted by molar-refractivity contribution is 5.33. The van der Waals surface area contributed by atoms with Crippen LogP contribution in [0.1, 0.15) is 25.8 Å². The summed E-state index contributed by atoms with van der Waals surface area (Å²) < 4.78 is 5.40. The summed E-state index contributed by atoms with van der Waals surface area (Å²) in [5, 5.41) is 0. The number of nitrogens with two attached hydrogens (primary N) is 1. The largest absolute Gasteiger partial charge is 0.496 e. The Morgan fingerprint density at radius 1 is 1.33 bits per heavy atom. The normalized spacial score (nSPS) is 14.6. The van der Waals surface area contributed by atoms with Gasteiger partial charge in [0.1, 0.15) is 5.75 Å². The highest BCUT2D eigenvalue weighted by Gasteiger charge is 2.18. The maximum atomic E-state index is 5.81. The molecular weight excluding hydrogens is 224 g/mol. The van der Waals surface area contributed by atoms with Gasteiger partial charge in [-0.15, -0.1) is 0 Å². The van der Waals surface area contributed by atoms with Crippen molar-refractivity contribution in [2.24, 2.45) is 5.73 Å². The summed E-state index contributed by atoms with van der Waals surface area (Å²) in [5.41, 5.74) is 7.06. The summed E-state index contributed by atoms with van der Waals surface area (Å²) in [7, 11) is 3.88. The van der Waals surface area contributed by atoms with Gasteiger partial charge in [0, 0.05) is 18.6 Å². The molecule has 0 aliphatic heterocycles. The van der Waals surface area contributed by atoms with Crippen molar-refractivity contribution in [1.82, 2.24) is 4.90 Å². The molecule has 0 fully saturated rings. The van der Waals surface area contributed by atoms with E-state index in [0.29, 0.717) is 18.6 Å². The molecule has 0 aliphatic carbocycles. The van der Waals surface area contributed by atoms with Crippen molar-refractivity contribution in [3.05, 3.63) is 29.8 Å². The molecule has 0 radical (unpaired) electrons.